The summed E-state index contributed by atoms with van der Waals surface area (Å²) in [5, 5.41) is 0. The molecule has 15 heavy (non-hydrogen) atoms. The van der Waals surface area contributed by atoms with Crippen LogP contribution in [-0.4, -0.2) is 9.97 Å². The van der Waals surface area contributed by atoms with Crippen molar-refractivity contribution in [1.29, 1.82) is 0 Å². The van der Waals surface area contributed by atoms with Crippen LogP contribution >= 0.6 is 12.2 Å². The maximum atomic E-state index is 13.0. The molecule has 0 bridgehead atoms. The molecule has 4 heteroatoms. The van der Waals surface area contributed by atoms with Gasteiger partial charge in [-0.2, -0.15) is 0 Å². The number of pyridine rings is 2. The largest absolute Gasteiger partial charge is 0.343 e. The lowest BCUT2D eigenvalue weighted by Gasteiger charge is -2.10. The fourth-order valence-corrected chi connectivity index (χ4v) is 1.88. The number of nitrogens with zero attached hydrogens (tertiary/aromatic N) is 1. The summed E-state index contributed by atoms with van der Waals surface area (Å²) < 4.78 is 13.6. The Morgan fingerprint density at radius 1 is 1.40 bits per heavy atom. The highest BCUT2D eigenvalue weighted by molar-refractivity contribution is 7.71. The van der Waals surface area contributed by atoms with Gasteiger partial charge in [0.05, 0.1) is 0 Å². The van der Waals surface area contributed by atoms with Crippen LogP contribution in [0, 0.1) is 10.5 Å². The summed E-state index contributed by atoms with van der Waals surface area (Å²) in [6, 6.07) is 3.36. The summed E-state index contributed by atoms with van der Waals surface area (Å²) >= 11 is 5.16. The Labute approximate surface area is 92.5 Å². The second-order valence-corrected chi connectivity index (χ2v) is 4.18. The number of aromatic nitrogens is 2. The Morgan fingerprint density at radius 3 is 2.80 bits per heavy atom. The van der Waals surface area contributed by atoms with Crippen LogP contribution in [0.3, 0.4) is 0 Å². The van der Waals surface area contributed by atoms with E-state index in [0.717, 1.165) is 11.1 Å². The Kier molecular flexibility index (Phi) is 2.52. The molecule has 1 N–H and O–H groups in total. The van der Waals surface area contributed by atoms with Gasteiger partial charge in [-0.25, -0.2) is 9.37 Å². The molecule has 2 aliphatic rings. The highest BCUT2D eigenvalue weighted by atomic mass is 32.1. The molecule has 0 atom stereocenters. The minimum absolute atomic E-state index is 0.295. The van der Waals surface area contributed by atoms with Gasteiger partial charge in [-0.3, -0.25) is 0 Å². The maximum Gasteiger partial charge on any atom is 0.139 e. The third-order valence-electron chi connectivity index (χ3n) is 2.31. The van der Waals surface area contributed by atoms with Gasteiger partial charge in [-0.05, 0) is 23.6 Å². The molecule has 0 aliphatic carbocycles. The topological polar surface area (TPSA) is 28.7 Å². The van der Waals surface area contributed by atoms with Gasteiger partial charge in [-0.1, -0.05) is 26.1 Å². The molecule has 0 aromatic rings. The van der Waals surface area contributed by atoms with E-state index >= 15 is 0 Å². The Morgan fingerprint density at radius 2 is 2.13 bits per heavy atom. The molecule has 0 amide bonds. The zero-order valence-electron chi connectivity index (χ0n) is 8.54. The fraction of sp³-hybridized carbons (Fsp3) is 0.273. The van der Waals surface area contributed by atoms with Crippen molar-refractivity contribution in [3.8, 4) is 11.4 Å². The number of fused-ring (bicyclic) bond motifs is 1. The van der Waals surface area contributed by atoms with Gasteiger partial charge in [0.25, 0.3) is 0 Å². The van der Waals surface area contributed by atoms with Crippen molar-refractivity contribution in [1.82, 2.24) is 9.97 Å². The predicted octanol–water partition coefficient (Wildman–Crippen LogP) is 3.51. The van der Waals surface area contributed by atoms with Gasteiger partial charge in [0.2, 0.25) is 0 Å². The first kappa shape index (κ1) is 10.2. The van der Waals surface area contributed by atoms with Crippen LogP contribution in [0.1, 0.15) is 25.3 Å². The number of nitrogens with one attached hydrogen (secondary N) is 1. The van der Waals surface area contributed by atoms with Crippen molar-refractivity contribution in [3.05, 3.63) is 34.4 Å². The van der Waals surface area contributed by atoms with Crippen molar-refractivity contribution in [2.45, 2.75) is 19.8 Å². The quantitative estimate of drug-likeness (QED) is 0.748. The fourth-order valence-electron chi connectivity index (χ4n) is 1.50. The predicted molar refractivity (Wildman–Crippen MR) is 60.1 cm³/mol. The lowest BCUT2D eigenvalue weighted by atomic mass is 10.0. The van der Waals surface area contributed by atoms with Crippen molar-refractivity contribution in [3.63, 3.8) is 0 Å². The molecular formula is C11H11FN2S. The smallest absolute Gasteiger partial charge is 0.139 e. The number of rotatable bonds is 1. The first-order chi connectivity index (χ1) is 7.08. The van der Waals surface area contributed by atoms with Gasteiger partial charge in [0.1, 0.15) is 16.3 Å². The SMILES string of the molecule is CC(C)c1cc2cc(F)c[nH]c-2nc1=S. The molecule has 0 aromatic carbocycles. The molecule has 78 valence electrons. The summed E-state index contributed by atoms with van der Waals surface area (Å²) in [5.41, 5.74) is 1.74. The van der Waals surface area contributed by atoms with E-state index in [4.69, 9.17) is 12.2 Å². The molecule has 2 aliphatic heterocycles. The third-order valence-corrected chi connectivity index (χ3v) is 2.63. The molecule has 0 saturated carbocycles. The van der Waals surface area contributed by atoms with Crippen LogP contribution in [0.25, 0.3) is 11.4 Å². The summed E-state index contributed by atoms with van der Waals surface area (Å²) in [6.07, 6.45) is 1.28. The second kappa shape index (κ2) is 3.70. The molecule has 2 heterocycles. The van der Waals surface area contributed by atoms with Crippen molar-refractivity contribution in [2.75, 3.05) is 0 Å². The summed E-state index contributed by atoms with van der Waals surface area (Å²) in [5.74, 6) is 0.639. The molecule has 2 rings (SSSR count). The Bertz CT molecular complexity index is 519. The highest BCUT2D eigenvalue weighted by Gasteiger charge is 2.10. The molecule has 0 saturated heterocycles. The van der Waals surface area contributed by atoms with E-state index in [-0.39, 0.29) is 5.82 Å². The summed E-state index contributed by atoms with van der Waals surface area (Å²) in [4.78, 5) is 7.00. The van der Waals surface area contributed by atoms with Crippen molar-refractivity contribution in [2.24, 2.45) is 0 Å². The molecule has 2 nitrogen and oxygen atoms in total. The van der Waals surface area contributed by atoms with E-state index in [1.54, 1.807) is 0 Å². The van der Waals surface area contributed by atoms with E-state index in [2.05, 4.69) is 9.97 Å². The number of aromatic amines is 1. The average molecular weight is 222 g/mol. The monoisotopic (exact) mass is 222 g/mol. The van der Waals surface area contributed by atoms with E-state index in [1.165, 1.54) is 12.3 Å². The second-order valence-electron chi connectivity index (χ2n) is 3.79. The Balaban J connectivity index is 2.74. The van der Waals surface area contributed by atoms with E-state index in [9.17, 15) is 4.39 Å². The van der Waals surface area contributed by atoms with E-state index in [0.29, 0.717) is 16.4 Å². The van der Waals surface area contributed by atoms with Crippen LogP contribution in [0.5, 0.6) is 0 Å². The zero-order chi connectivity index (χ0) is 11.0. The average Bonchev–Trinajstić information content (AvgIpc) is 2.17. The van der Waals surface area contributed by atoms with E-state index < -0.39 is 0 Å². The number of halogens is 1. The zero-order valence-corrected chi connectivity index (χ0v) is 9.36. The van der Waals surface area contributed by atoms with Gasteiger partial charge in [-0.15, -0.1) is 0 Å². The molecule has 0 radical (unpaired) electrons. The molecule has 0 fully saturated rings. The first-order valence-electron chi connectivity index (χ1n) is 4.77. The minimum atomic E-state index is -0.295. The van der Waals surface area contributed by atoms with Crippen molar-refractivity contribution < 1.29 is 4.39 Å². The van der Waals surface area contributed by atoms with Crippen LogP contribution in [0.4, 0.5) is 4.39 Å². The number of hydrogen-bond acceptors (Lipinski definition) is 2. The minimum Gasteiger partial charge on any atom is -0.343 e. The lowest BCUT2D eigenvalue weighted by molar-refractivity contribution is 0.621. The number of H-pyrrole nitrogens is 1. The lowest BCUT2D eigenvalue weighted by Crippen LogP contribution is -1.98. The van der Waals surface area contributed by atoms with Gasteiger partial charge in [0, 0.05) is 11.8 Å². The van der Waals surface area contributed by atoms with Crippen LogP contribution in [0.2, 0.25) is 0 Å². The van der Waals surface area contributed by atoms with Crippen molar-refractivity contribution >= 4 is 12.2 Å². The van der Waals surface area contributed by atoms with Crippen LogP contribution in [-0.2, 0) is 0 Å². The Hall–Kier alpha value is -1.29. The molecule has 0 spiro atoms. The van der Waals surface area contributed by atoms with E-state index in [1.807, 2.05) is 19.9 Å². The van der Waals surface area contributed by atoms with Gasteiger partial charge >= 0.3 is 0 Å². The van der Waals surface area contributed by atoms with Crippen LogP contribution in [0.15, 0.2) is 18.3 Å². The molecular weight excluding hydrogens is 211 g/mol. The highest BCUT2D eigenvalue weighted by Crippen LogP contribution is 2.24. The molecule has 0 unspecified atom stereocenters. The first-order valence-corrected chi connectivity index (χ1v) is 5.17. The van der Waals surface area contributed by atoms with Gasteiger partial charge < -0.3 is 4.98 Å². The molecule has 0 aromatic heterocycles. The van der Waals surface area contributed by atoms with Gasteiger partial charge in [0.15, 0.2) is 0 Å². The maximum absolute atomic E-state index is 13.0. The summed E-state index contributed by atoms with van der Waals surface area (Å²) in [6.45, 7) is 4.09. The standard InChI is InChI=1S/C11H11FN2S/c1-6(2)9-4-7-3-8(12)5-13-10(7)14-11(9)15/h3-6H,1-2H3,(H,13,14,15). The summed E-state index contributed by atoms with van der Waals surface area (Å²) in [7, 11) is 0. The normalized spacial score (nSPS) is 11.2. The van der Waals surface area contributed by atoms with Crippen LogP contribution < -0.4 is 0 Å². The number of hydrogen-bond donors (Lipinski definition) is 1. The third kappa shape index (κ3) is 1.90.